The van der Waals surface area contributed by atoms with Crippen molar-refractivity contribution in [2.24, 2.45) is 0 Å². The normalized spacial score (nSPS) is 11.3. The summed E-state index contributed by atoms with van der Waals surface area (Å²) in [6.07, 6.45) is 6.22. The SMILES string of the molecule is CCC=Cn1c(=O)ncc2ccccc21. The molecule has 0 aliphatic rings. The maximum absolute atomic E-state index is 11.5. The fraction of sp³-hybridized carbons (Fsp3) is 0.167. The fourth-order valence-corrected chi connectivity index (χ4v) is 1.46. The molecular formula is C12H12N2O. The Labute approximate surface area is 87.7 Å². The molecule has 3 nitrogen and oxygen atoms in total. The second-order valence-corrected chi connectivity index (χ2v) is 3.26. The summed E-state index contributed by atoms with van der Waals surface area (Å²) >= 11 is 0. The van der Waals surface area contributed by atoms with Crippen LogP contribution in [0.4, 0.5) is 0 Å². The Hall–Kier alpha value is -1.90. The molecule has 15 heavy (non-hydrogen) atoms. The zero-order chi connectivity index (χ0) is 10.7. The van der Waals surface area contributed by atoms with Gasteiger partial charge in [0.15, 0.2) is 0 Å². The maximum atomic E-state index is 11.5. The van der Waals surface area contributed by atoms with Crippen LogP contribution in [0.25, 0.3) is 17.1 Å². The summed E-state index contributed by atoms with van der Waals surface area (Å²) in [5.41, 5.74) is 0.653. The van der Waals surface area contributed by atoms with Gasteiger partial charge in [-0.2, -0.15) is 0 Å². The van der Waals surface area contributed by atoms with Gasteiger partial charge in [-0.3, -0.25) is 4.57 Å². The first-order valence-corrected chi connectivity index (χ1v) is 4.96. The van der Waals surface area contributed by atoms with Crippen molar-refractivity contribution in [3.63, 3.8) is 0 Å². The van der Waals surface area contributed by atoms with Gasteiger partial charge in [-0.1, -0.05) is 31.2 Å². The molecule has 0 fully saturated rings. The van der Waals surface area contributed by atoms with E-state index >= 15 is 0 Å². The van der Waals surface area contributed by atoms with Crippen LogP contribution < -0.4 is 5.69 Å². The lowest BCUT2D eigenvalue weighted by Gasteiger charge is -2.03. The van der Waals surface area contributed by atoms with Gasteiger partial charge in [0.2, 0.25) is 0 Å². The predicted octanol–water partition coefficient (Wildman–Crippen LogP) is 2.28. The monoisotopic (exact) mass is 200 g/mol. The molecular weight excluding hydrogens is 188 g/mol. The lowest BCUT2D eigenvalue weighted by molar-refractivity contribution is 1.00. The third-order valence-corrected chi connectivity index (χ3v) is 2.21. The van der Waals surface area contributed by atoms with Crippen LogP contribution in [-0.2, 0) is 0 Å². The van der Waals surface area contributed by atoms with Crippen LogP contribution >= 0.6 is 0 Å². The topological polar surface area (TPSA) is 34.9 Å². The van der Waals surface area contributed by atoms with Gasteiger partial charge >= 0.3 is 5.69 Å². The van der Waals surface area contributed by atoms with Crippen LogP contribution in [0.2, 0.25) is 0 Å². The lowest BCUT2D eigenvalue weighted by Crippen LogP contribution is -2.18. The van der Waals surface area contributed by atoms with Crippen LogP contribution in [0.1, 0.15) is 13.3 Å². The number of benzene rings is 1. The van der Waals surface area contributed by atoms with E-state index in [9.17, 15) is 4.79 Å². The van der Waals surface area contributed by atoms with Crippen molar-refractivity contribution >= 4 is 17.1 Å². The van der Waals surface area contributed by atoms with E-state index in [-0.39, 0.29) is 5.69 Å². The van der Waals surface area contributed by atoms with Crippen LogP contribution in [0, 0.1) is 0 Å². The Morgan fingerprint density at radius 3 is 3.00 bits per heavy atom. The molecule has 0 atom stereocenters. The second-order valence-electron chi connectivity index (χ2n) is 3.26. The number of fused-ring (bicyclic) bond motifs is 1. The highest BCUT2D eigenvalue weighted by Crippen LogP contribution is 2.09. The summed E-state index contributed by atoms with van der Waals surface area (Å²) in [6, 6.07) is 7.71. The number of rotatable bonds is 2. The molecule has 0 unspecified atom stereocenters. The third-order valence-electron chi connectivity index (χ3n) is 2.21. The van der Waals surface area contributed by atoms with Crippen molar-refractivity contribution < 1.29 is 0 Å². The van der Waals surface area contributed by atoms with E-state index < -0.39 is 0 Å². The summed E-state index contributed by atoms with van der Waals surface area (Å²) in [5, 5.41) is 0.970. The molecule has 0 aliphatic carbocycles. The molecule has 0 saturated heterocycles. The Balaban J connectivity index is 2.74. The van der Waals surface area contributed by atoms with E-state index in [0.717, 1.165) is 17.3 Å². The molecule has 0 bridgehead atoms. The van der Waals surface area contributed by atoms with Gasteiger partial charge in [-0.15, -0.1) is 0 Å². The first-order valence-electron chi connectivity index (χ1n) is 4.96. The molecule has 0 amide bonds. The fourth-order valence-electron chi connectivity index (χ4n) is 1.46. The molecule has 2 rings (SSSR count). The van der Waals surface area contributed by atoms with Gasteiger partial charge in [0.1, 0.15) is 0 Å². The average Bonchev–Trinajstić information content (AvgIpc) is 2.28. The first-order chi connectivity index (χ1) is 7.33. The summed E-state index contributed by atoms with van der Waals surface area (Å²) in [7, 11) is 0. The van der Waals surface area contributed by atoms with Crippen LogP contribution in [0.3, 0.4) is 0 Å². The van der Waals surface area contributed by atoms with Crippen molar-refractivity contribution in [1.29, 1.82) is 0 Å². The third kappa shape index (κ3) is 1.81. The minimum atomic E-state index is -0.238. The summed E-state index contributed by atoms with van der Waals surface area (Å²) in [6.45, 7) is 2.03. The van der Waals surface area contributed by atoms with Gasteiger partial charge in [-0.25, -0.2) is 9.78 Å². The summed E-state index contributed by atoms with van der Waals surface area (Å²) in [5.74, 6) is 0. The Bertz CT molecular complexity index is 555. The molecule has 76 valence electrons. The Kier molecular flexibility index (Phi) is 2.63. The van der Waals surface area contributed by atoms with E-state index in [0.29, 0.717) is 0 Å². The number of hydrogen-bond acceptors (Lipinski definition) is 2. The first kappa shape index (κ1) is 9.65. The number of hydrogen-bond donors (Lipinski definition) is 0. The minimum Gasteiger partial charge on any atom is -0.268 e. The quantitative estimate of drug-likeness (QED) is 0.745. The Morgan fingerprint density at radius 1 is 1.40 bits per heavy atom. The second kappa shape index (κ2) is 4.09. The van der Waals surface area contributed by atoms with E-state index in [4.69, 9.17) is 0 Å². The van der Waals surface area contributed by atoms with Crippen LogP contribution in [-0.4, -0.2) is 9.55 Å². The highest BCUT2D eigenvalue weighted by atomic mass is 16.1. The molecule has 2 aromatic rings. The standard InChI is InChI=1S/C12H12N2O/c1-2-3-8-14-11-7-5-4-6-10(11)9-13-12(14)15/h3-9H,2H2,1H3. The Morgan fingerprint density at radius 2 is 2.20 bits per heavy atom. The maximum Gasteiger partial charge on any atom is 0.352 e. The number of nitrogens with zero attached hydrogens (tertiary/aromatic N) is 2. The summed E-state index contributed by atoms with van der Waals surface area (Å²) < 4.78 is 1.57. The molecule has 0 aliphatic heterocycles. The lowest BCUT2D eigenvalue weighted by atomic mass is 10.2. The van der Waals surface area contributed by atoms with Gasteiger partial charge in [0, 0.05) is 17.8 Å². The molecule has 0 saturated carbocycles. The van der Waals surface area contributed by atoms with E-state index in [1.807, 2.05) is 37.3 Å². The van der Waals surface area contributed by atoms with Crippen molar-refractivity contribution in [2.75, 3.05) is 0 Å². The number of para-hydroxylation sites is 1. The van der Waals surface area contributed by atoms with E-state index in [1.165, 1.54) is 0 Å². The highest BCUT2D eigenvalue weighted by molar-refractivity contribution is 5.79. The average molecular weight is 200 g/mol. The van der Waals surface area contributed by atoms with Crippen LogP contribution in [0.5, 0.6) is 0 Å². The number of allylic oxidation sites excluding steroid dienone is 1. The molecule has 1 aromatic carbocycles. The molecule has 0 radical (unpaired) electrons. The van der Waals surface area contributed by atoms with Gasteiger partial charge in [-0.05, 0) is 12.5 Å². The van der Waals surface area contributed by atoms with Crippen molar-refractivity contribution in [3.8, 4) is 0 Å². The predicted molar refractivity (Wildman–Crippen MR) is 61.6 cm³/mol. The zero-order valence-corrected chi connectivity index (χ0v) is 8.55. The molecule has 0 spiro atoms. The van der Waals surface area contributed by atoms with E-state index in [2.05, 4.69) is 4.98 Å². The van der Waals surface area contributed by atoms with E-state index in [1.54, 1.807) is 17.0 Å². The van der Waals surface area contributed by atoms with Crippen molar-refractivity contribution in [1.82, 2.24) is 9.55 Å². The van der Waals surface area contributed by atoms with Gasteiger partial charge < -0.3 is 0 Å². The minimum absolute atomic E-state index is 0.238. The largest absolute Gasteiger partial charge is 0.352 e. The van der Waals surface area contributed by atoms with Crippen molar-refractivity contribution in [2.45, 2.75) is 13.3 Å². The van der Waals surface area contributed by atoms with Crippen LogP contribution in [0.15, 0.2) is 41.3 Å². The molecule has 0 N–H and O–H groups in total. The highest BCUT2D eigenvalue weighted by Gasteiger charge is 1.99. The zero-order valence-electron chi connectivity index (χ0n) is 8.55. The smallest absolute Gasteiger partial charge is 0.268 e. The van der Waals surface area contributed by atoms with Crippen molar-refractivity contribution in [3.05, 3.63) is 47.0 Å². The van der Waals surface area contributed by atoms with Gasteiger partial charge in [0.25, 0.3) is 0 Å². The number of aromatic nitrogens is 2. The summed E-state index contributed by atoms with van der Waals surface area (Å²) in [4.78, 5) is 15.4. The molecule has 1 heterocycles. The molecule has 1 aromatic heterocycles. The molecule has 3 heteroatoms. The van der Waals surface area contributed by atoms with Gasteiger partial charge in [0.05, 0.1) is 5.52 Å².